The Hall–Kier alpha value is -9.97. The molecule has 7 aromatic heterocycles. The lowest BCUT2D eigenvalue weighted by Gasteiger charge is -2.44. The van der Waals surface area contributed by atoms with Crippen LogP contribution in [0, 0.1) is 13.8 Å². The fraction of sp³-hybridized carbons (Fsp3) is 0.208. The first-order chi connectivity index (χ1) is 54.1. The third-order valence-electron chi connectivity index (χ3n) is 28.9. The van der Waals surface area contributed by atoms with E-state index in [1.54, 1.807) is 0 Å². The normalized spacial score (nSPS) is 17.2. The van der Waals surface area contributed by atoms with Crippen molar-refractivity contribution in [3.05, 3.63) is 251 Å². The molecule has 26 rings (SSSR count). The van der Waals surface area contributed by atoms with E-state index in [0.29, 0.717) is 0 Å². The summed E-state index contributed by atoms with van der Waals surface area (Å²) in [5.74, 6) is 0. The van der Waals surface area contributed by atoms with E-state index in [4.69, 9.17) is 0 Å². The van der Waals surface area contributed by atoms with E-state index in [0.717, 1.165) is 12.8 Å². The summed E-state index contributed by atoms with van der Waals surface area (Å²) in [5, 5.41) is 14.8. The average molecular weight is 1530 g/mol. The molecule has 3 aliphatic carbocycles. The van der Waals surface area contributed by atoms with Gasteiger partial charge in [0.15, 0.2) is 0 Å². The molecule has 4 aliphatic heterocycles. The highest BCUT2D eigenvalue weighted by Crippen LogP contribution is 2.63. The SMILES string of the molecule is Cc1cc2c(cc1N1c3cc4c(sc5cc(-c6ccc7c(c6)sc6c8cccc9c8n(c76)B6c7c-9cc8c(c7N(c7cc9c(cc7C)C(C)(C)CCC9(C)C)c7sc9ccccc9c76)-c6ccccc6C8(C)C)ccc54)c4c3B(c3c1sc1ccccc31)n1c3sc5ccccc5c3c3cccc-4c31)C(C)(C)CCC2(C)C. The topological polar surface area (TPSA) is 16.3 Å². The summed E-state index contributed by atoms with van der Waals surface area (Å²) < 4.78 is 15.1. The van der Waals surface area contributed by atoms with Crippen molar-refractivity contribution < 1.29 is 0 Å². The first-order valence-electron chi connectivity index (χ1n) is 40.4. The number of hydrogen-bond donors (Lipinski definition) is 0. The van der Waals surface area contributed by atoms with Crippen molar-refractivity contribution in [2.75, 3.05) is 9.80 Å². The molecular weight excluding hydrogens is 1450 g/mol. The molecule has 0 unspecified atom stereocenters. The van der Waals surface area contributed by atoms with Crippen LogP contribution in [-0.4, -0.2) is 22.7 Å². The summed E-state index contributed by atoms with van der Waals surface area (Å²) in [6, 6.07) is 82.5. The van der Waals surface area contributed by atoms with Gasteiger partial charge in [0, 0.05) is 110 Å². The van der Waals surface area contributed by atoms with Crippen molar-refractivity contribution in [3.8, 4) is 44.5 Å². The van der Waals surface area contributed by atoms with Gasteiger partial charge in [0.05, 0.1) is 42.1 Å². The molecular formula is C101H78B2N4S5. The molecule has 4 nitrogen and oxygen atoms in total. The van der Waals surface area contributed by atoms with Gasteiger partial charge in [-0.15, -0.1) is 56.7 Å². The number of nitrogens with zero attached hydrogens (tertiary/aromatic N) is 4. The van der Waals surface area contributed by atoms with E-state index < -0.39 is 0 Å². The summed E-state index contributed by atoms with van der Waals surface area (Å²) >= 11 is 9.96. The standard InChI is InChI=1S/C101H78B2N4S5/c1-51-43-68-70(99(7,8)41-39-97(68,3)4)49-73(51)104-75-48-66-55-37-35-53(45-79(55)108-92(66)83-63-29-22-28-62-81-58-24-14-18-32-76(58)110-94(81)107(89(62)63)103(87(75)83)85-59-25-15-19-33-77(59)111-95(85)104)54-36-38-61-80(46-54)109-93-64-30-21-27-56-65-47-72-82(57-23-13-17-31-67(57)101(72,11)12)91-84(65)102(106(88(56)64)90(61)93)86-60-26-16-20-34-78(60)112-96(86)105(91)74-50-71-69(44-52(74)2)98(5,6)40-42-100(71,9)10/h13-38,43-50H,39-42H2,1-12H3. The predicted molar refractivity (Wildman–Crippen MR) is 491 cm³/mol. The highest BCUT2D eigenvalue weighted by atomic mass is 32.1. The third-order valence-corrected chi connectivity index (χ3v) is 34.7. The lowest BCUT2D eigenvalue weighted by Crippen LogP contribution is -2.56. The van der Waals surface area contributed by atoms with Crippen LogP contribution in [0.3, 0.4) is 0 Å². The van der Waals surface area contributed by atoms with Gasteiger partial charge >= 0.3 is 13.7 Å². The molecule has 0 radical (unpaired) electrons. The zero-order valence-electron chi connectivity index (χ0n) is 64.9. The summed E-state index contributed by atoms with van der Waals surface area (Å²) in [7, 11) is 0. The van der Waals surface area contributed by atoms with E-state index in [9.17, 15) is 0 Å². The fourth-order valence-corrected chi connectivity index (χ4v) is 29.3. The fourth-order valence-electron chi connectivity index (χ4n) is 23.0. The van der Waals surface area contributed by atoms with Crippen molar-refractivity contribution in [1.29, 1.82) is 0 Å². The molecule has 0 spiro atoms. The second kappa shape index (κ2) is 21.1. The minimum Gasteiger partial charge on any atom is -0.374 e. The smallest absolute Gasteiger partial charge is 0.335 e. The Labute approximate surface area is 672 Å². The molecule has 538 valence electrons. The van der Waals surface area contributed by atoms with Crippen molar-refractivity contribution in [1.82, 2.24) is 8.96 Å². The van der Waals surface area contributed by atoms with Crippen LogP contribution in [-0.2, 0) is 27.1 Å². The summed E-state index contributed by atoms with van der Waals surface area (Å²) in [6.45, 7) is 29.5. The number of benzene rings is 12. The molecule has 0 atom stereocenters. The first kappa shape index (κ1) is 64.5. The highest BCUT2D eigenvalue weighted by molar-refractivity contribution is 7.29. The van der Waals surface area contributed by atoms with Gasteiger partial charge in [-0.1, -0.05) is 221 Å². The summed E-state index contributed by atoms with van der Waals surface area (Å²) in [4.78, 5) is 6.94. The summed E-state index contributed by atoms with van der Waals surface area (Å²) in [5.41, 5.74) is 37.2. The molecule has 7 aliphatic rings. The van der Waals surface area contributed by atoms with E-state index in [1.807, 2.05) is 56.7 Å². The number of thiophene rings is 5. The van der Waals surface area contributed by atoms with Gasteiger partial charge < -0.3 is 18.8 Å². The number of aromatic nitrogens is 2. The van der Waals surface area contributed by atoms with Crippen molar-refractivity contribution in [3.63, 3.8) is 0 Å². The largest absolute Gasteiger partial charge is 0.374 e. The molecule has 0 fully saturated rings. The van der Waals surface area contributed by atoms with Crippen LogP contribution in [0.15, 0.2) is 206 Å². The Kier molecular flexibility index (Phi) is 12.1. The maximum absolute atomic E-state index is 2.86. The lowest BCUT2D eigenvalue weighted by molar-refractivity contribution is 0.332. The molecule has 11 heterocycles. The Morgan fingerprint density at radius 1 is 0.312 bits per heavy atom. The summed E-state index contributed by atoms with van der Waals surface area (Å²) in [6.07, 6.45) is 4.69. The molecule has 12 aromatic carbocycles. The molecule has 11 heteroatoms. The van der Waals surface area contributed by atoms with Gasteiger partial charge in [0.25, 0.3) is 0 Å². The molecule has 0 saturated carbocycles. The van der Waals surface area contributed by atoms with Crippen LogP contribution in [0.2, 0.25) is 0 Å². The van der Waals surface area contributed by atoms with Crippen LogP contribution in [0.1, 0.15) is 139 Å². The average Bonchev–Trinajstić information content (AvgIpc) is 1.46. The molecule has 0 saturated heterocycles. The second-order valence-corrected chi connectivity index (χ2v) is 42.3. The van der Waals surface area contributed by atoms with Gasteiger partial charge in [-0.25, -0.2) is 0 Å². The Morgan fingerprint density at radius 2 is 0.821 bits per heavy atom. The molecule has 0 N–H and O–H groups in total. The zero-order chi connectivity index (χ0) is 74.9. The molecule has 19 aromatic rings. The minimum absolute atomic E-state index is 0.0283. The predicted octanol–water partition coefficient (Wildman–Crippen LogP) is 27.3. The second-order valence-electron chi connectivity index (χ2n) is 37.1. The van der Waals surface area contributed by atoms with E-state index >= 15 is 0 Å². The van der Waals surface area contributed by atoms with Gasteiger partial charge in [-0.2, -0.15) is 0 Å². The van der Waals surface area contributed by atoms with Crippen molar-refractivity contribution in [2.24, 2.45) is 0 Å². The third kappa shape index (κ3) is 7.83. The number of aryl methyl sites for hydroxylation is 2. The van der Waals surface area contributed by atoms with Gasteiger partial charge in [0.2, 0.25) is 0 Å². The first-order valence-corrected chi connectivity index (χ1v) is 44.4. The lowest BCUT2D eigenvalue weighted by atomic mass is 9.45. The number of fused-ring (bicyclic) bond motifs is 32. The van der Waals surface area contributed by atoms with Crippen LogP contribution in [0.25, 0.3) is 147 Å². The molecule has 0 amide bonds. The Morgan fingerprint density at radius 3 is 1.48 bits per heavy atom. The maximum Gasteiger partial charge on any atom is 0.335 e. The van der Waals surface area contributed by atoms with Gasteiger partial charge in [-0.3, -0.25) is 0 Å². The van der Waals surface area contributed by atoms with E-state index in [-0.39, 0.29) is 40.8 Å². The molecule has 112 heavy (non-hydrogen) atoms. The number of hydrogen-bond acceptors (Lipinski definition) is 7. The number of anilines is 6. The number of para-hydroxylation sites is 2. The van der Waals surface area contributed by atoms with Crippen LogP contribution >= 0.6 is 56.7 Å². The maximum atomic E-state index is 2.86. The van der Waals surface area contributed by atoms with Gasteiger partial charge in [-0.05, 0) is 215 Å². The van der Waals surface area contributed by atoms with Gasteiger partial charge in [0.1, 0.15) is 0 Å². The van der Waals surface area contributed by atoms with Crippen molar-refractivity contribution >= 4 is 228 Å². The van der Waals surface area contributed by atoms with Crippen LogP contribution in [0.4, 0.5) is 32.8 Å². The number of rotatable bonds is 3. The Bertz CT molecular complexity index is 7690. The molecule has 0 bridgehead atoms. The quantitative estimate of drug-likeness (QED) is 0.164. The monoisotopic (exact) mass is 1530 g/mol. The van der Waals surface area contributed by atoms with Crippen LogP contribution in [0.5, 0.6) is 0 Å². The van der Waals surface area contributed by atoms with E-state index in [1.165, 1.54) is 259 Å². The van der Waals surface area contributed by atoms with Crippen molar-refractivity contribution in [2.45, 2.75) is 136 Å². The van der Waals surface area contributed by atoms with Crippen LogP contribution < -0.4 is 31.7 Å². The zero-order valence-corrected chi connectivity index (χ0v) is 69.0. The minimum atomic E-state index is -0.223. The highest BCUT2D eigenvalue weighted by Gasteiger charge is 2.53. The Balaban J connectivity index is 0.695. The van der Waals surface area contributed by atoms with E-state index in [2.05, 4.69) is 308 Å².